The van der Waals surface area contributed by atoms with Crippen molar-refractivity contribution in [2.45, 2.75) is 33.2 Å². The number of nitrogens with one attached hydrogen (secondary N) is 1. The summed E-state index contributed by atoms with van der Waals surface area (Å²) in [5, 5.41) is 4.24. The Bertz CT molecular complexity index is 955. The molecule has 128 valence electrons. The molecule has 2 aromatic heterocycles. The minimum Gasteiger partial charge on any atom is -0.332 e. The fraction of sp³-hybridized carbons (Fsp3) is 0.300. The van der Waals surface area contributed by atoms with Gasteiger partial charge in [-0.3, -0.25) is 4.79 Å². The average Bonchev–Trinajstić information content (AvgIpc) is 3.33. The van der Waals surface area contributed by atoms with Crippen LogP contribution in [0.1, 0.15) is 34.3 Å². The number of rotatable bonds is 4. The van der Waals surface area contributed by atoms with Gasteiger partial charge >= 0.3 is 0 Å². The maximum atomic E-state index is 12.6. The normalized spacial score (nSPS) is 14.0. The summed E-state index contributed by atoms with van der Waals surface area (Å²) in [5.74, 6) is 0.512. The van der Waals surface area contributed by atoms with Gasteiger partial charge < -0.3 is 9.88 Å². The van der Waals surface area contributed by atoms with Gasteiger partial charge in [0.05, 0.1) is 10.6 Å². The lowest BCUT2D eigenvalue weighted by Crippen LogP contribution is -2.13. The van der Waals surface area contributed by atoms with Gasteiger partial charge in [-0.25, -0.2) is 4.98 Å². The van der Waals surface area contributed by atoms with E-state index in [0.29, 0.717) is 10.6 Å². The van der Waals surface area contributed by atoms with Gasteiger partial charge in [0.25, 0.3) is 5.91 Å². The summed E-state index contributed by atoms with van der Waals surface area (Å²) < 4.78 is 2.16. The molecule has 0 spiro atoms. The van der Waals surface area contributed by atoms with E-state index in [2.05, 4.69) is 21.1 Å². The number of fused-ring (bicyclic) bond motifs is 1. The first-order valence-electron chi connectivity index (χ1n) is 8.55. The van der Waals surface area contributed by atoms with E-state index in [-0.39, 0.29) is 5.91 Å². The summed E-state index contributed by atoms with van der Waals surface area (Å²) >= 11 is 6.58. The molecule has 4 nitrogen and oxygen atoms in total. The van der Waals surface area contributed by atoms with Crippen molar-refractivity contribution in [1.29, 1.82) is 0 Å². The number of hydrogen-bond donors (Lipinski definition) is 1. The molecule has 0 saturated heterocycles. The standard InChI is InChI=1S/C20H20ClN3O/c1-12-3-7-15(8-4-12)23-20(25)16-9-22-19-17(18(16)21)13(2)10-24(19)11-14-5-6-14/h3-4,7-10,14H,5-6,11H2,1-2H3,(H,23,25). The molecule has 1 aliphatic carbocycles. The van der Waals surface area contributed by atoms with E-state index >= 15 is 0 Å². The lowest BCUT2D eigenvalue weighted by Gasteiger charge is -2.09. The van der Waals surface area contributed by atoms with Crippen LogP contribution in [0.15, 0.2) is 36.7 Å². The first-order valence-corrected chi connectivity index (χ1v) is 8.92. The minimum absolute atomic E-state index is 0.238. The Morgan fingerprint density at radius 2 is 2.00 bits per heavy atom. The predicted molar refractivity (Wildman–Crippen MR) is 101 cm³/mol. The van der Waals surface area contributed by atoms with Gasteiger partial charge in [-0.1, -0.05) is 29.3 Å². The maximum absolute atomic E-state index is 12.6. The van der Waals surface area contributed by atoms with Crippen LogP contribution in [0, 0.1) is 19.8 Å². The van der Waals surface area contributed by atoms with Crippen LogP contribution in [0.3, 0.4) is 0 Å². The van der Waals surface area contributed by atoms with Crippen molar-refractivity contribution in [2.75, 3.05) is 5.32 Å². The molecule has 0 atom stereocenters. The summed E-state index contributed by atoms with van der Waals surface area (Å²) in [4.78, 5) is 17.2. The molecule has 0 radical (unpaired) electrons. The Kier molecular flexibility index (Phi) is 4.00. The molecule has 4 rings (SSSR count). The predicted octanol–water partition coefficient (Wildman–Crippen LogP) is 4.97. The number of carbonyl (C=O) groups is 1. The molecule has 1 saturated carbocycles. The van der Waals surface area contributed by atoms with E-state index < -0.39 is 0 Å². The molecule has 1 amide bonds. The highest BCUT2D eigenvalue weighted by Crippen LogP contribution is 2.35. The number of aromatic nitrogens is 2. The second-order valence-corrected chi connectivity index (χ2v) is 7.29. The Morgan fingerprint density at radius 3 is 2.68 bits per heavy atom. The molecule has 0 unspecified atom stereocenters. The minimum atomic E-state index is -0.238. The number of amides is 1. The number of benzene rings is 1. The monoisotopic (exact) mass is 353 g/mol. The van der Waals surface area contributed by atoms with Crippen molar-refractivity contribution in [3.63, 3.8) is 0 Å². The number of anilines is 1. The van der Waals surface area contributed by atoms with Crippen LogP contribution in [0.2, 0.25) is 5.02 Å². The summed E-state index contributed by atoms with van der Waals surface area (Å²) in [6.07, 6.45) is 6.23. The topological polar surface area (TPSA) is 46.9 Å². The van der Waals surface area contributed by atoms with Gasteiger partial charge in [-0.2, -0.15) is 0 Å². The van der Waals surface area contributed by atoms with Crippen LogP contribution in [0.5, 0.6) is 0 Å². The number of hydrogen-bond acceptors (Lipinski definition) is 2. The van der Waals surface area contributed by atoms with E-state index in [1.165, 1.54) is 12.8 Å². The fourth-order valence-electron chi connectivity index (χ4n) is 3.12. The second kappa shape index (κ2) is 6.19. The zero-order chi connectivity index (χ0) is 17.6. The molecule has 1 aliphatic rings. The molecule has 1 N–H and O–H groups in total. The van der Waals surface area contributed by atoms with Crippen LogP contribution in [-0.4, -0.2) is 15.5 Å². The Balaban J connectivity index is 1.67. The zero-order valence-corrected chi connectivity index (χ0v) is 15.1. The lowest BCUT2D eigenvalue weighted by atomic mass is 10.1. The molecule has 2 heterocycles. The molecule has 1 fully saturated rings. The number of halogens is 1. The third-order valence-electron chi connectivity index (χ3n) is 4.72. The van der Waals surface area contributed by atoms with Gasteiger partial charge in [-0.15, -0.1) is 0 Å². The average molecular weight is 354 g/mol. The summed E-state index contributed by atoms with van der Waals surface area (Å²) in [5.41, 5.74) is 4.21. The summed E-state index contributed by atoms with van der Waals surface area (Å²) in [6, 6.07) is 7.68. The first-order chi connectivity index (χ1) is 12.0. The van der Waals surface area contributed by atoms with Crippen LogP contribution < -0.4 is 5.32 Å². The molecule has 3 aromatic rings. The highest BCUT2D eigenvalue weighted by atomic mass is 35.5. The molecule has 0 aliphatic heterocycles. The highest BCUT2D eigenvalue weighted by Gasteiger charge is 2.24. The summed E-state index contributed by atoms with van der Waals surface area (Å²) in [6.45, 7) is 5.00. The van der Waals surface area contributed by atoms with Crippen molar-refractivity contribution in [2.24, 2.45) is 5.92 Å². The molecule has 0 bridgehead atoms. The van der Waals surface area contributed by atoms with E-state index in [4.69, 9.17) is 11.6 Å². The Morgan fingerprint density at radius 1 is 1.28 bits per heavy atom. The number of aryl methyl sites for hydroxylation is 2. The first kappa shape index (κ1) is 16.2. The van der Waals surface area contributed by atoms with Crippen LogP contribution in [0.25, 0.3) is 11.0 Å². The molecule has 5 heteroatoms. The van der Waals surface area contributed by atoms with E-state index in [1.54, 1.807) is 6.20 Å². The summed E-state index contributed by atoms with van der Waals surface area (Å²) in [7, 11) is 0. The van der Waals surface area contributed by atoms with Crippen LogP contribution >= 0.6 is 11.6 Å². The smallest absolute Gasteiger partial charge is 0.258 e. The fourth-order valence-corrected chi connectivity index (χ4v) is 3.49. The maximum Gasteiger partial charge on any atom is 0.258 e. The largest absolute Gasteiger partial charge is 0.332 e. The SMILES string of the molecule is Cc1ccc(NC(=O)c2cnc3c(c(C)cn3CC3CC3)c2Cl)cc1. The van der Waals surface area contributed by atoms with Gasteiger partial charge in [-0.05, 0) is 50.3 Å². The van der Waals surface area contributed by atoms with Crippen molar-refractivity contribution in [3.05, 3.63) is 58.4 Å². The van der Waals surface area contributed by atoms with Gasteiger partial charge in [0, 0.05) is 30.0 Å². The Hall–Kier alpha value is -2.33. The van der Waals surface area contributed by atoms with Crippen molar-refractivity contribution < 1.29 is 4.79 Å². The molecular formula is C20H20ClN3O. The zero-order valence-electron chi connectivity index (χ0n) is 14.3. The van der Waals surface area contributed by atoms with Gasteiger partial charge in [0.1, 0.15) is 5.65 Å². The van der Waals surface area contributed by atoms with E-state index in [9.17, 15) is 4.79 Å². The second-order valence-electron chi connectivity index (χ2n) is 6.91. The Labute approximate surface area is 151 Å². The number of pyridine rings is 1. The third-order valence-corrected chi connectivity index (χ3v) is 5.11. The number of nitrogens with zero attached hydrogens (tertiary/aromatic N) is 2. The van der Waals surface area contributed by atoms with Crippen LogP contribution in [-0.2, 0) is 6.54 Å². The quantitative estimate of drug-likeness (QED) is 0.719. The lowest BCUT2D eigenvalue weighted by molar-refractivity contribution is 0.102. The van der Waals surface area contributed by atoms with Crippen LogP contribution in [0.4, 0.5) is 5.69 Å². The van der Waals surface area contributed by atoms with E-state index in [1.807, 2.05) is 38.1 Å². The highest BCUT2D eigenvalue weighted by molar-refractivity contribution is 6.39. The van der Waals surface area contributed by atoms with Crippen molar-refractivity contribution in [1.82, 2.24) is 9.55 Å². The van der Waals surface area contributed by atoms with Crippen molar-refractivity contribution >= 4 is 34.2 Å². The van der Waals surface area contributed by atoms with Crippen molar-refractivity contribution in [3.8, 4) is 0 Å². The van der Waals surface area contributed by atoms with E-state index in [0.717, 1.165) is 40.3 Å². The van der Waals surface area contributed by atoms with Gasteiger partial charge in [0.2, 0.25) is 0 Å². The number of carbonyl (C=O) groups excluding carboxylic acids is 1. The third kappa shape index (κ3) is 3.14. The molecule has 1 aromatic carbocycles. The molecular weight excluding hydrogens is 334 g/mol. The van der Waals surface area contributed by atoms with Gasteiger partial charge in [0.15, 0.2) is 0 Å². The molecule has 25 heavy (non-hydrogen) atoms.